The molecule has 0 radical (unpaired) electrons. The van der Waals surface area contributed by atoms with Crippen LogP contribution in [0.1, 0.15) is 24.0 Å². The zero-order chi connectivity index (χ0) is 16.4. The Kier molecular flexibility index (Phi) is 4.36. The second kappa shape index (κ2) is 6.44. The van der Waals surface area contributed by atoms with E-state index in [1.54, 1.807) is 4.68 Å². The molecule has 2 aromatic heterocycles. The molecule has 1 N–H and O–H groups in total. The van der Waals surface area contributed by atoms with E-state index in [-0.39, 0.29) is 0 Å². The van der Waals surface area contributed by atoms with E-state index < -0.39 is 0 Å². The van der Waals surface area contributed by atoms with Crippen LogP contribution in [0.4, 0.5) is 11.6 Å². The van der Waals surface area contributed by atoms with Crippen molar-refractivity contribution in [3.8, 4) is 6.01 Å². The van der Waals surface area contributed by atoms with Gasteiger partial charge in [-0.3, -0.25) is 4.68 Å². The number of nitrogens with one attached hydrogen (secondary N) is 1. The van der Waals surface area contributed by atoms with Crippen molar-refractivity contribution in [1.29, 1.82) is 0 Å². The van der Waals surface area contributed by atoms with Gasteiger partial charge in [0.2, 0.25) is 0 Å². The molecule has 1 fully saturated rings. The number of rotatable bonds is 7. The number of hydrogen-bond donors (Lipinski definition) is 1. The minimum Gasteiger partial charge on any atom is -0.463 e. The predicted molar refractivity (Wildman–Crippen MR) is 89.8 cm³/mol. The Labute approximate surface area is 136 Å². The van der Waals surface area contributed by atoms with E-state index >= 15 is 0 Å². The van der Waals surface area contributed by atoms with Gasteiger partial charge in [0.05, 0.1) is 12.8 Å². The van der Waals surface area contributed by atoms with Crippen LogP contribution >= 0.6 is 0 Å². The first-order valence-corrected chi connectivity index (χ1v) is 7.93. The molecule has 1 saturated carbocycles. The van der Waals surface area contributed by atoms with E-state index in [0.29, 0.717) is 25.1 Å². The first-order chi connectivity index (χ1) is 11.0. The van der Waals surface area contributed by atoms with Crippen molar-refractivity contribution in [2.75, 3.05) is 30.9 Å². The zero-order valence-electron chi connectivity index (χ0n) is 14.2. The minimum absolute atomic E-state index is 0.444. The normalized spacial score (nSPS) is 13.9. The van der Waals surface area contributed by atoms with Crippen LogP contribution in [-0.2, 0) is 13.6 Å². The highest BCUT2D eigenvalue weighted by atomic mass is 16.5. The maximum atomic E-state index is 5.77. The van der Waals surface area contributed by atoms with Crippen molar-refractivity contribution in [2.24, 2.45) is 13.0 Å². The van der Waals surface area contributed by atoms with Crippen molar-refractivity contribution < 1.29 is 4.74 Å². The van der Waals surface area contributed by atoms with Crippen LogP contribution in [-0.4, -0.2) is 40.5 Å². The van der Waals surface area contributed by atoms with Gasteiger partial charge in [-0.2, -0.15) is 15.1 Å². The van der Waals surface area contributed by atoms with E-state index in [1.165, 1.54) is 12.8 Å². The molecule has 0 aromatic carbocycles. The Hall–Kier alpha value is -2.31. The highest BCUT2D eigenvalue weighted by Gasteiger charge is 2.23. The van der Waals surface area contributed by atoms with Crippen LogP contribution in [0.3, 0.4) is 0 Å². The lowest BCUT2D eigenvalue weighted by Gasteiger charge is -2.18. The lowest BCUT2D eigenvalue weighted by molar-refractivity contribution is 0.277. The van der Waals surface area contributed by atoms with Crippen molar-refractivity contribution in [1.82, 2.24) is 19.7 Å². The van der Waals surface area contributed by atoms with Crippen molar-refractivity contribution in [3.05, 3.63) is 23.5 Å². The standard InChI is InChI=1S/C16H24N6O/c1-11-14(17-7-13-8-18-22(4)9-13)19-16(20-15(11)21(2)3)23-10-12-5-6-12/h8-9,12H,5-7,10H2,1-4H3,(H,17,19,20). The van der Waals surface area contributed by atoms with E-state index in [9.17, 15) is 0 Å². The van der Waals surface area contributed by atoms with Gasteiger partial charge in [0.15, 0.2) is 0 Å². The molecule has 1 aliphatic carbocycles. The summed E-state index contributed by atoms with van der Waals surface area (Å²) < 4.78 is 7.56. The average Bonchev–Trinajstić information content (AvgIpc) is 3.25. The Balaban J connectivity index is 1.77. The minimum atomic E-state index is 0.444. The maximum Gasteiger partial charge on any atom is 0.320 e. The molecule has 0 amide bonds. The lowest BCUT2D eigenvalue weighted by atomic mass is 10.3. The molecule has 124 valence electrons. The van der Waals surface area contributed by atoms with Gasteiger partial charge in [-0.1, -0.05) is 0 Å². The second-order valence-corrected chi connectivity index (χ2v) is 6.33. The molecule has 0 spiro atoms. The summed E-state index contributed by atoms with van der Waals surface area (Å²) in [5.74, 6) is 2.35. The van der Waals surface area contributed by atoms with Gasteiger partial charge in [0, 0.05) is 45.0 Å². The predicted octanol–water partition coefficient (Wildman–Crippen LogP) is 1.99. The van der Waals surface area contributed by atoms with Crippen molar-refractivity contribution >= 4 is 11.6 Å². The van der Waals surface area contributed by atoms with Gasteiger partial charge in [-0.05, 0) is 25.7 Å². The van der Waals surface area contributed by atoms with E-state index in [2.05, 4.69) is 20.4 Å². The van der Waals surface area contributed by atoms with Crippen molar-refractivity contribution in [3.63, 3.8) is 0 Å². The van der Waals surface area contributed by atoms with Crippen LogP contribution in [0.25, 0.3) is 0 Å². The largest absolute Gasteiger partial charge is 0.463 e. The van der Waals surface area contributed by atoms with E-state index in [1.807, 2.05) is 45.4 Å². The summed E-state index contributed by atoms with van der Waals surface area (Å²) in [5.41, 5.74) is 2.12. The van der Waals surface area contributed by atoms with Gasteiger partial charge in [0.1, 0.15) is 11.6 Å². The smallest absolute Gasteiger partial charge is 0.320 e. The third kappa shape index (κ3) is 3.91. The number of nitrogens with zero attached hydrogens (tertiary/aromatic N) is 5. The van der Waals surface area contributed by atoms with E-state index in [4.69, 9.17) is 4.74 Å². The van der Waals surface area contributed by atoms with E-state index in [0.717, 1.165) is 22.8 Å². The fourth-order valence-corrected chi connectivity index (χ4v) is 2.38. The lowest BCUT2D eigenvalue weighted by Crippen LogP contribution is -2.16. The number of aryl methyl sites for hydroxylation is 1. The van der Waals surface area contributed by atoms with Crippen LogP contribution < -0.4 is 15.0 Å². The highest BCUT2D eigenvalue weighted by Crippen LogP contribution is 2.30. The molecular formula is C16H24N6O. The number of hydrogen-bond acceptors (Lipinski definition) is 6. The fraction of sp³-hybridized carbons (Fsp3) is 0.562. The van der Waals surface area contributed by atoms with Crippen LogP contribution in [0.2, 0.25) is 0 Å². The number of ether oxygens (including phenoxy) is 1. The summed E-state index contributed by atoms with van der Waals surface area (Å²) in [6.07, 6.45) is 6.33. The quantitative estimate of drug-likeness (QED) is 0.842. The third-order valence-electron chi connectivity index (χ3n) is 3.89. The first-order valence-electron chi connectivity index (χ1n) is 7.93. The summed E-state index contributed by atoms with van der Waals surface area (Å²) in [6.45, 7) is 3.39. The molecule has 1 aliphatic rings. The molecule has 2 heterocycles. The van der Waals surface area contributed by atoms with Gasteiger partial charge in [-0.25, -0.2) is 0 Å². The summed E-state index contributed by atoms with van der Waals surface area (Å²) in [5, 5.41) is 7.55. The van der Waals surface area contributed by atoms with Gasteiger partial charge in [0.25, 0.3) is 0 Å². The van der Waals surface area contributed by atoms with Crippen LogP contribution in [0.5, 0.6) is 6.01 Å². The molecule has 7 nitrogen and oxygen atoms in total. The Bertz CT molecular complexity index is 677. The molecule has 0 atom stereocenters. The van der Waals surface area contributed by atoms with Gasteiger partial charge >= 0.3 is 6.01 Å². The zero-order valence-corrected chi connectivity index (χ0v) is 14.2. The summed E-state index contributed by atoms with van der Waals surface area (Å²) in [7, 11) is 5.86. The summed E-state index contributed by atoms with van der Waals surface area (Å²) in [4.78, 5) is 11.0. The Morgan fingerprint density at radius 3 is 2.74 bits per heavy atom. The van der Waals surface area contributed by atoms with Gasteiger partial charge < -0.3 is 15.0 Å². The topological polar surface area (TPSA) is 68.1 Å². The SMILES string of the molecule is Cc1c(NCc2cnn(C)c2)nc(OCC2CC2)nc1N(C)C. The molecule has 2 aromatic rings. The number of aromatic nitrogens is 4. The fourth-order valence-electron chi connectivity index (χ4n) is 2.38. The highest BCUT2D eigenvalue weighted by molar-refractivity contribution is 5.58. The third-order valence-corrected chi connectivity index (χ3v) is 3.89. The van der Waals surface area contributed by atoms with Gasteiger partial charge in [-0.15, -0.1) is 0 Å². The molecular weight excluding hydrogens is 292 g/mol. The van der Waals surface area contributed by atoms with Crippen LogP contribution in [0, 0.1) is 12.8 Å². The molecule has 23 heavy (non-hydrogen) atoms. The monoisotopic (exact) mass is 316 g/mol. The molecule has 3 rings (SSSR count). The average molecular weight is 316 g/mol. The molecule has 0 aliphatic heterocycles. The molecule has 7 heteroatoms. The summed E-state index contributed by atoms with van der Waals surface area (Å²) >= 11 is 0. The molecule has 0 unspecified atom stereocenters. The summed E-state index contributed by atoms with van der Waals surface area (Å²) in [6, 6.07) is 0.444. The Morgan fingerprint density at radius 2 is 2.13 bits per heavy atom. The Morgan fingerprint density at radius 1 is 1.35 bits per heavy atom. The second-order valence-electron chi connectivity index (χ2n) is 6.33. The first kappa shape index (κ1) is 15.6. The number of anilines is 2. The van der Waals surface area contributed by atoms with Crippen molar-refractivity contribution in [2.45, 2.75) is 26.3 Å². The maximum absolute atomic E-state index is 5.77. The molecule has 0 saturated heterocycles. The molecule has 0 bridgehead atoms. The van der Waals surface area contributed by atoms with Crippen LogP contribution in [0.15, 0.2) is 12.4 Å².